The molecule has 0 aliphatic rings. The van der Waals surface area contributed by atoms with Crippen molar-refractivity contribution in [3.63, 3.8) is 0 Å². The number of nitrogens with zero attached hydrogens (tertiary/aromatic N) is 2. The van der Waals surface area contributed by atoms with Crippen molar-refractivity contribution in [2.45, 2.75) is 11.3 Å². The van der Waals surface area contributed by atoms with Crippen LogP contribution in [0.5, 0.6) is 0 Å². The van der Waals surface area contributed by atoms with Gasteiger partial charge >= 0.3 is 0 Å². The Morgan fingerprint density at radius 1 is 1.82 bits per heavy atom. The summed E-state index contributed by atoms with van der Waals surface area (Å²) in [6.07, 6.45) is 0. The second kappa shape index (κ2) is 3.68. The number of nitrogens with one attached hydrogen (secondary N) is 1. The van der Waals surface area contributed by atoms with Gasteiger partial charge in [0, 0.05) is 0 Å². The number of thioether (sulfide) groups is 1. The highest BCUT2D eigenvalue weighted by Crippen LogP contribution is 2.18. The number of aromatic nitrogens is 2. The fraction of sp³-hybridized carbons (Fsp3) is 0.400. The second-order valence-electron chi connectivity index (χ2n) is 1.82. The first kappa shape index (κ1) is 8.48. The van der Waals surface area contributed by atoms with Crippen LogP contribution < -0.4 is 5.73 Å². The Morgan fingerprint density at radius 3 is 3.00 bits per heavy atom. The number of aryl methyl sites for hydroxylation is 1. The van der Waals surface area contributed by atoms with E-state index >= 15 is 0 Å². The molecule has 11 heavy (non-hydrogen) atoms. The smallest absolute Gasteiger partial charge is 0.248 e. The molecule has 1 N–H and O–H groups in total. The van der Waals surface area contributed by atoms with Gasteiger partial charge in [0.25, 0.3) is 0 Å². The van der Waals surface area contributed by atoms with Crippen molar-refractivity contribution in [1.82, 2.24) is 15.1 Å². The predicted octanol–water partition coefficient (Wildman–Crippen LogP) is 0.748. The third-order valence-electron chi connectivity index (χ3n) is 0.836. The maximum Gasteiger partial charge on any atom is 0.248 e. The molecule has 0 aliphatic carbocycles. The highest BCUT2D eigenvalue weighted by atomic mass is 32.2. The summed E-state index contributed by atoms with van der Waals surface area (Å²) < 4.78 is 4.68. The number of rotatable bonds is 3. The number of hydrogen-bond acceptors (Lipinski definition) is 5. The molecule has 0 spiro atoms. The molecule has 59 valence electrons. The van der Waals surface area contributed by atoms with Crippen LogP contribution in [0.1, 0.15) is 5.82 Å². The Labute approximate surface area is 72.4 Å². The zero-order valence-electron chi connectivity index (χ0n) is 5.83. The molecular formula is C5H6N3OS2. The molecular weight excluding hydrogens is 182 g/mol. The molecule has 0 saturated heterocycles. The van der Waals surface area contributed by atoms with Crippen LogP contribution in [0.2, 0.25) is 0 Å². The quantitative estimate of drug-likeness (QED) is 0.656. The van der Waals surface area contributed by atoms with Crippen LogP contribution in [0.15, 0.2) is 4.34 Å². The number of carbonyl (C=O) groups is 1. The monoisotopic (exact) mass is 188 g/mol. The molecule has 0 unspecified atom stereocenters. The Balaban J connectivity index is 2.45. The first-order chi connectivity index (χ1) is 5.18. The lowest BCUT2D eigenvalue weighted by molar-refractivity contribution is -0.116. The Bertz CT molecular complexity index is 260. The van der Waals surface area contributed by atoms with Crippen LogP contribution in [0, 0.1) is 6.92 Å². The summed E-state index contributed by atoms with van der Waals surface area (Å²) in [6, 6.07) is 0. The zero-order chi connectivity index (χ0) is 8.27. The van der Waals surface area contributed by atoms with Gasteiger partial charge in [-0.2, -0.15) is 4.37 Å². The summed E-state index contributed by atoms with van der Waals surface area (Å²) in [6.45, 7) is 1.79. The lowest BCUT2D eigenvalue weighted by Gasteiger charge is -1.87. The van der Waals surface area contributed by atoms with Crippen LogP contribution in [0.3, 0.4) is 0 Å². The average Bonchev–Trinajstić information content (AvgIpc) is 2.31. The summed E-state index contributed by atoms with van der Waals surface area (Å²) in [4.78, 5) is 14.2. The van der Waals surface area contributed by atoms with Crippen LogP contribution in [-0.2, 0) is 4.79 Å². The largest absolute Gasteiger partial charge is 0.272 e. The molecule has 0 fully saturated rings. The summed E-state index contributed by atoms with van der Waals surface area (Å²) in [7, 11) is 0. The van der Waals surface area contributed by atoms with E-state index in [9.17, 15) is 4.79 Å². The first-order valence-electron chi connectivity index (χ1n) is 2.86. The first-order valence-corrected chi connectivity index (χ1v) is 4.62. The molecule has 0 aromatic carbocycles. The van der Waals surface area contributed by atoms with E-state index in [2.05, 4.69) is 9.36 Å². The van der Waals surface area contributed by atoms with Gasteiger partial charge in [0.15, 0.2) is 4.34 Å². The number of carbonyl (C=O) groups excluding carboxylic acids is 1. The summed E-state index contributed by atoms with van der Waals surface area (Å²) in [5.74, 6) is 0.298. The standard InChI is InChI=1S/C5H6N3OS2/c1-3-7-5(11-8-3)10-2-4(6)9/h6H,2H2,1H3. The summed E-state index contributed by atoms with van der Waals surface area (Å²) in [5, 5.41) is 0. The Hall–Kier alpha value is -0.620. The van der Waals surface area contributed by atoms with Crippen molar-refractivity contribution in [2.24, 2.45) is 0 Å². The van der Waals surface area contributed by atoms with E-state index < -0.39 is 5.91 Å². The highest BCUT2D eigenvalue weighted by Gasteiger charge is 2.02. The molecule has 0 saturated carbocycles. The fourth-order valence-corrected chi connectivity index (χ4v) is 1.84. The third-order valence-corrected chi connectivity index (χ3v) is 2.76. The predicted molar refractivity (Wildman–Crippen MR) is 43.5 cm³/mol. The van der Waals surface area contributed by atoms with Crippen LogP contribution in [-0.4, -0.2) is 21.0 Å². The highest BCUT2D eigenvalue weighted by molar-refractivity contribution is 8.01. The van der Waals surface area contributed by atoms with Gasteiger partial charge in [-0.05, 0) is 18.5 Å². The van der Waals surface area contributed by atoms with Crippen molar-refractivity contribution >= 4 is 29.2 Å². The molecule has 1 aromatic rings. The van der Waals surface area contributed by atoms with E-state index in [-0.39, 0.29) is 5.75 Å². The van der Waals surface area contributed by atoms with Gasteiger partial charge in [0.1, 0.15) is 5.82 Å². The molecule has 1 heterocycles. The second-order valence-corrected chi connectivity index (χ2v) is 3.79. The van der Waals surface area contributed by atoms with E-state index in [0.717, 1.165) is 10.2 Å². The van der Waals surface area contributed by atoms with Gasteiger partial charge in [0.05, 0.1) is 5.75 Å². The topological polar surface area (TPSA) is 66.7 Å². The van der Waals surface area contributed by atoms with E-state index in [4.69, 9.17) is 5.73 Å². The van der Waals surface area contributed by atoms with E-state index in [1.54, 1.807) is 6.92 Å². The molecule has 0 atom stereocenters. The molecule has 1 aromatic heterocycles. The molecule has 6 heteroatoms. The average molecular weight is 188 g/mol. The third kappa shape index (κ3) is 2.85. The number of amides is 1. The summed E-state index contributed by atoms with van der Waals surface area (Å²) >= 11 is 2.52. The van der Waals surface area contributed by atoms with Gasteiger partial charge in [-0.3, -0.25) is 10.5 Å². The maximum absolute atomic E-state index is 10.2. The minimum absolute atomic E-state index is 0.161. The fourth-order valence-electron chi connectivity index (χ4n) is 0.464. The normalized spacial score (nSPS) is 9.91. The van der Waals surface area contributed by atoms with Crippen molar-refractivity contribution in [1.29, 1.82) is 0 Å². The molecule has 0 aliphatic heterocycles. The van der Waals surface area contributed by atoms with Crippen molar-refractivity contribution < 1.29 is 4.79 Å². The number of hydrogen-bond donors (Lipinski definition) is 0. The van der Waals surface area contributed by atoms with Gasteiger partial charge in [-0.25, -0.2) is 4.98 Å². The molecule has 0 bridgehead atoms. The van der Waals surface area contributed by atoms with Crippen molar-refractivity contribution in [3.05, 3.63) is 5.82 Å². The van der Waals surface area contributed by atoms with E-state index in [0.29, 0.717) is 0 Å². The summed E-state index contributed by atoms with van der Waals surface area (Å²) in [5.41, 5.74) is 6.63. The molecule has 1 rings (SSSR count). The van der Waals surface area contributed by atoms with Gasteiger partial charge in [-0.15, -0.1) is 0 Å². The van der Waals surface area contributed by atoms with Gasteiger partial charge in [0.2, 0.25) is 5.91 Å². The van der Waals surface area contributed by atoms with Crippen LogP contribution in [0.4, 0.5) is 0 Å². The molecule has 1 amide bonds. The van der Waals surface area contributed by atoms with Crippen LogP contribution in [0.25, 0.3) is 0 Å². The molecule has 4 nitrogen and oxygen atoms in total. The van der Waals surface area contributed by atoms with Gasteiger partial charge < -0.3 is 0 Å². The van der Waals surface area contributed by atoms with Gasteiger partial charge in [-0.1, -0.05) is 11.8 Å². The lowest BCUT2D eigenvalue weighted by Crippen LogP contribution is -1.99. The SMILES string of the molecule is Cc1nsc(SCC([NH])=O)n1. The Morgan fingerprint density at radius 2 is 2.55 bits per heavy atom. The zero-order valence-corrected chi connectivity index (χ0v) is 7.46. The van der Waals surface area contributed by atoms with Crippen LogP contribution >= 0.6 is 23.3 Å². The molecule has 1 radical (unpaired) electrons. The van der Waals surface area contributed by atoms with E-state index in [1.165, 1.54) is 23.3 Å². The Kier molecular flexibility index (Phi) is 2.84. The van der Waals surface area contributed by atoms with Crippen molar-refractivity contribution in [3.8, 4) is 0 Å². The minimum atomic E-state index is -0.581. The van der Waals surface area contributed by atoms with Crippen molar-refractivity contribution in [2.75, 3.05) is 5.75 Å². The minimum Gasteiger partial charge on any atom is -0.272 e. The maximum atomic E-state index is 10.2. The van der Waals surface area contributed by atoms with E-state index in [1.807, 2.05) is 0 Å². The lowest BCUT2D eigenvalue weighted by atomic mass is 10.8.